The summed E-state index contributed by atoms with van der Waals surface area (Å²) >= 11 is 0. The van der Waals surface area contributed by atoms with Crippen LogP contribution in [0, 0.1) is 24.4 Å². The Hall–Kier alpha value is -1.81. The molecule has 0 bridgehead atoms. The van der Waals surface area contributed by atoms with E-state index in [1.165, 1.54) is 24.3 Å². The van der Waals surface area contributed by atoms with Crippen LogP contribution in [0.25, 0.3) is 0 Å². The minimum absolute atomic E-state index is 0.241. The van der Waals surface area contributed by atoms with Crippen molar-refractivity contribution in [2.45, 2.75) is 19.9 Å². The Morgan fingerprint density at radius 1 is 0.900 bits per heavy atom. The van der Waals surface area contributed by atoms with E-state index >= 15 is 0 Å². The van der Waals surface area contributed by atoms with Gasteiger partial charge in [-0.3, -0.25) is 0 Å². The summed E-state index contributed by atoms with van der Waals surface area (Å²) in [4.78, 5) is 0. The van der Waals surface area contributed by atoms with Crippen LogP contribution < -0.4 is 5.32 Å². The van der Waals surface area contributed by atoms with E-state index in [2.05, 4.69) is 5.32 Å². The van der Waals surface area contributed by atoms with Gasteiger partial charge in [-0.25, -0.2) is 13.2 Å². The number of hydrogen-bond donors (Lipinski definition) is 1. The van der Waals surface area contributed by atoms with E-state index in [4.69, 9.17) is 0 Å². The summed E-state index contributed by atoms with van der Waals surface area (Å²) in [6.07, 6.45) is 0.740. The Labute approximate surface area is 116 Å². The molecule has 0 atom stereocenters. The van der Waals surface area contributed by atoms with Gasteiger partial charge in [0.25, 0.3) is 0 Å². The van der Waals surface area contributed by atoms with Gasteiger partial charge in [-0.15, -0.1) is 0 Å². The van der Waals surface area contributed by atoms with Crippen LogP contribution in [-0.4, -0.2) is 6.54 Å². The van der Waals surface area contributed by atoms with Crippen LogP contribution in [0.1, 0.15) is 16.7 Å². The van der Waals surface area contributed by atoms with Crippen LogP contribution in [0.2, 0.25) is 0 Å². The summed E-state index contributed by atoms with van der Waals surface area (Å²) in [5, 5.41) is 3.12. The minimum Gasteiger partial charge on any atom is -0.312 e. The van der Waals surface area contributed by atoms with Gasteiger partial charge in [0.2, 0.25) is 0 Å². The molecule has 0 fully saturated rings. The second-order valence-corrected chi connectivity index (χ2v) is 4.78. The molecule has 2 rings (SSSR count). The molecule has 0 aliphatic heterocycles. The van der Waals surface area contributed by atoms with Crippen molar-refractivity contribution in [2.24, 2.45) is 0 Å². The summed E-state index contributed by atoms with van der Waals surface area (Å²) in [5.41, 5.74) is 2.53. The van der Waals surface area contributed by atoms with E-state index < -0.39 is 11.6 Å². The molecule has 1 nitrogen and oxygen atoms in total. The Morgan fingerprint density at radius 2 is 1.60 bits per heavy atom. The Bertz CT molecular complexity index is 576. The first-order valence-corrected chi connectivity index (χ1v) is 6.45. The predicted octanol–water partition coefficient (Wildman–Crippen LogP) is 3.74. The monoisotopic (exact) mass is 279 g/mol. The van der Waals surface area contributed by atoms with Crippen molar-refractivity contribution in [3.8, 4) is 0 Å². The third-order valence-electron chi connectivity index (χ3n) is 3.13. The van der Waals surface area contributed by atoms with E-state index in [1.54, 1.807) is 6.07 Å². The number of benzene rings is 2. The molecule has 0 saturated heterocycles. The van der Waals surface area contributed by atoms with E-state index in [0.29, 0.717) is 18.7 Å². The lowest BCUT2D eigenvalue weighted by atomic mass is 10.1. The highest BCUT2D eigenvalue weighted by Gasteiger charge is 2.02. The lowest BCUT2D eigenvalue weighted by Gasteiger charge is -2.08. The van der Waals surface area contributed by atoms with Crippen LogP contribution in [0.15, 0.2) is 36.4 Å². The molecular weight excluding hydrogens is 263 g/mol. The zero-order valence-corrected chi connectivity index (χ0v) is 11.2. The maximum absolute atomic E-state index is 13.0. The topological polar surface area (TPSA) is 12.0 Å². The maximum Gasteiger partial charge on any atom is 0.126 e. The normalized spacial score (nSPS) is 10.8. The summed E-state index contributed by atoms with van der Waals surface area (Å²) in [5.74, 6) is -1.39. The Balaban J connectivity index is 1.84. The van der Waals surface area contributed by atoms with Crippen molar-refractivity contribution in [3.05, 3.63) is 70.5 Å². The van der Waals surface area contributed by atoms with Gasteiger partial charge in [0.05, 0.1) is 0 Å². The van der Waals surface area contributed by atoms with Gasteiger partial charge < -0.3 is 5.32 Å². The van der Waals surface area contributed by atoms with Crippen molar-refractivity contribution in [3.63, 3.8) is 0 Å². The van der Waals surface area contributed by atoms with Crippen molar-refractivity contribution in [1.29, 1.82) is 0 Å². The molecule has 2 aromatic carbocycles. The van der Waals surface area contributed by atoms with Gasteiger partial charge in [-0.2, -0.15) is 0 Å². The minimum atomic E-state index is -0.573. The molecule has 0 saturated carbocycles. The summed E-state index contributed by atoms with van der Waals surface area (Å²) < 4.78 is 38.9. The fourth-order valence-electron chi connectivity index (χ4n) is 2.11. The molecule has 0 aliphatic rings. The molecule has 0 spiro atoms. The molecule has 0 amide bonds. The molecule has 0 radical (unpaired) electrons. The average molecular weight is 279 g/mol. The average Bonchev–Trinajstić information content (AvgIpc) is 2.35. The highest BCUT2D eigenvalue weighted by molar-refractivity contribution is 5.26. The predicted molar refractivity (Wildman–Crippen MR) is 72.9 cm³/mol. The van der Waals surface area contributed by atoms with Crippen molar-refractivity contribution in [1.82, 2.24) is 5.32 Å². The molecule has 0 aromatic heterocycles. The summed E-state index contributed by atoms with van der Waals surface area (Å²) in [6.45, 7) is 2.92. The van der Waals surface area contributed by atoms with Gasteiger partial charge >= 0.3 is 0 Å². The van der Waals surface area contributed by atoms with Crippen LogP contribution in [-0.2, 0) is 13.0 Å². The highest BCUT2D eigenvalue weighted by atomic mass is 19.1. The Kier molecular flexibility index (Phi) is 4.79. The molecule has 0 unspecified atom stereocenters. The van der Waals surface area contributed by atoms with Crippen molar-refractivity contribution < 1.29 is 13.2 Å². The molecule has 0 heterocycles. The quantitative estimate of drug-likeness (QED) is 0.822. The molecule has 0 aliphatic carbocycles. The maximum atomic E-state index is 13.0. The van der Waals surface area contributed by atoms with Gasteiger partial charge in [-0.05, 0) is 60.8 Å². The van der Waals surface area contributed by atoms with E-state index in [9.17, 15) is 13.2 Å². The van der Waals surface area contributed by atoms with Gasteiger partial charge in [0, 0.05) is 12.6 Å². The first kappa shape index (κ1) is 14.6. The number of hydrogen-bond acceptors (Lipinski definition) is 1. The smallest absolute Gasteiger partial charge is 0.126 e. The fourth-order valence-corrected chi connectivity index (χ4v) is 2.11. The van der Waals surface area contributed by atoms with Crippen molar-refractivity contribution >= 4 is 0 Å². The van der Waals surface area contributed by atoms with E-state index in [-0.39, 0.29) is 5.82 Å². The second kappa shape index (κ2) is 6.57. The summed E-state index contributed by atoms with van der Waals surface area (Å²) in [7, 11) is 0. The van der Waals surface area contributed by atoms with E-state index in [1.807, 2.05) is 6.92 Å². The Morgan fingerprint density at radius 3 is 2.25 bits per heavy atom. The molecule has 106 valence electrons. The zero-order chi connectivity index (χ0) is 14.5. The van der Waals surface area contributed by atoms with Crippen LogP contribution in [0.5, 0.6) is 0 Å². The summed E-state index contributed by atoms with van der Waals surface area (Å²) in [6, 6.07) is 8.15. The first-order chi connectivity index (χ1) is 9.54. The number of aryl methyl sites for hydroxylation is 1. The third kappa shape index (κ3) is 4.10. The SMILES string of the molecule is Cc1cc(F)ccc1CCNCc1cc(F)cc(F)c1. The standard InChI is InChI=1S/C16H16F3N/c1-11-6-14(17)3-2-13(11)4-5-20-10-12-7-15(18)9-16(19)8-12/h2-3,6-9,20H,4-5,10H2,1H3. The number of rotatable bonds is 5. The molecule has 4 heteroatoms. The highest BCUT2D eigenvalue weighted by Crippen LogP contribution is 2.11. The van der Waals surface area contributed by atoms with Crippen LogP contribution in [0.4, 0.5) is 13.2 Å². The van der Waals surface area contributed by atoms with Crippen LogP contribution >= 0.6 is 0 Å². The van der Waals surface area contributed by atoms with E-state index in [0.717, 1.165) is 23.6 Å². The molecule has 1 N–H and O–H groups in total. The largest absolute Gasteiger partial charge is 0.312 e. The lowest BCUT2D eigenvalue weighted by molar-refractivity contribution is 0.575. The zero-order valence-electron chi connectivity index (χ0n) is 11.2. The fraction of sp³-hybridized carbons (Fsp3) is 0.250. The van der Waals surface area contributed by atoms with Gasteiger partial charge in [0.1, 0.15) is 17.5 Å². The number of halogens is 3. The molecule has 20 heavy (non-hydrogen) atoms. The lowest BCUT2D eigenvalue weighted by Crippen LogP contribution is -2.17. The first-order valence-electron chi connectivity index (χ1n) is 6.45. The molecular formula is C16H16F3N. The number of nitrogens with one attached hydrogen (secondary N) is 1. The van der Waals surface area contributed by atoms with Gasteiger partial charge in [0.15, 0.2) is 0 Å². The van der Waals surface area contributed by atoms with Crippen molar-refractivity contribution in [2.75, 3.05) is 6.54 Å². The van der Waals surface area contributed by atoms with Crippen LogP contribution in [0.3, 0.4) is 0 Å². The second-order valence-electron chi connectivity index (χ2n) is 4.78. The third-order valence-corrected chi connectivity index (χ3v) is 3.13. The van der Waals surface area contributed by atoms with Gasteiger partial charge in [-0.1, -0.05) is 6.07 Å². The molecule has 2 aromatic rings.